The molecular weight excluding hydrogens is 198 g/mol. The van der Waals surface area contributed by atoms with Crippen molar-refractivity contribution in [2.45, 2.75) is 39.2 Å². The first-order chi connectivity index (χ1) is 7.67. The molecule has 2 nitrogen and oxygen atoms in total. The second-order valence-corrected chi connectivity index (χ2v) is 4.50. The van der Waals surface area contributed by atoms with Crippen LogP contribution in [0.1, 0.15) is 30.9 Å². The van der Waals surface area contributed by atoms with Gasteiger partial charge in [-0.3, -0.25) is 0 Å². The molecule has 0 aliphatic carbocycles. The van der Waals surface area contributed by atoms with Crippen molar-refractivity contribution in [3.05, 3.63) is 35.4 Å². The van der Waals surface area contributed by atoms with Crippen molar-refractivity contribution >= 4 is 0 Å². The third kappa shape index (κ3) is 3.95. The van der Waals surface area contributed by atoms with Crippen molar-refractivity contribution in [3.8, 4) is 0 Å². The standard InChI is InChI=1S/C14H23NO/c1-3-13(10-15)14(16)8-7-12-6-4-5-11(2)9-12/h4-6,9,13-14,16H,3,7-8,10,15H2,1-2H3. The Hall–Kier alpha value is -0.860. The van der Waals surface area contributed by atoms with Gasteiger partial charge in [0, 0.05) is 0 Å². The molecule has 0 bridgehead atoms. The third-order valence-corrected chi connectivity index (χ3v) is 3.18. The fourth-order valence-corrected chi connectivity index (χ4v) is 2.01. The molecule has 0 spiro atoms. The minimum absolute atomic E-state index is 0.241. The van der Waals surface area contributed by atoms with Gasteiger partial charge in [-0.2, -0.15) is 0 Å². The highest BCUT2D eigenvalue weighted by molar-refractivity contribution is 5.22. The molecule has 0 aliphatic heterocycles. The Labute approximate surface area is 98.5 Å². The number of rotatable bonds is 6. The molecule has 0 saturated heterocycles. The lowest BCUT2D eigenvalue weighted by molar-refractivity contribution is 0.101. The van der Waals surface area contributed by atoms with Crippen molar-refractivity contribution in [1.29, 1.82) is 0 Å². The Balaban J connectivity index is 2.45. The van der Waals surface area contributed by atoms with E-state index in [-0.39, 0.29) is 12.0 Å². The molecule has 0 fully saturated rings. The zero-order valence-corrected chi connectivity index (χ0v) is 10.3. The summed E-state index contributed by atoms with van der Waals surface area (Å²) in [6.07, 6.45) is 2.42. The normalized spacial score (nSPS) is 14.8. The Morgan fingerprint density at radius 3 is 2.69 bits per heavy atom. The van der Waals surface area contributed by atoms with Gasteiger partial charge in [0.1, 0.15) is 0 Å². The molecule has 0 aromatic heterocycles. The average Bonchev–Trinajstić information content (AvgIpc) is 2.28. The number of benzene rings is 1. The van der Waals surface area contributed by atoms with E-state index in [1.807, 2.05) is 0 Å². The minimum atomic E-state index is -0.268. The summed E-state index contributed by atoms with van der Waals surface area (Å²) in [7, 11) is 0. The quantitative estimate of drug-likeness (QED) is 0.774. The Morgan fingerprint density at radius 2 is 2.12 bits per heavy atom. The molecule has 0 radical (unpaired) electrons. The molecule has 0 heterocycles. The Kier molecular flexibility index (Phi) is 5.50. The summed E-state index contributed by atoms with van der Waals surface area (Å²) in [5, 5.41) is 9.96. The summed E-state index contributed by atoms with van der Waals surface area (Å²) in [4.78, 5) is 0. The highest BCUT2D eigenvalue weighted by Crippen LogP contribution is 2.14. The van der Waals surface area contributed by atoms with E-state index in [2.05, 4.69) is 38.1 Å². The lowest BCUT2D eigenvalue weighted by Gasteiger charge is -2.19. The van der Waals surface area contributed by atoms with Gasteiger partial charge in [0.05, 0.1) is 6.10 Å². The molecule has 16 heavy (non-hydrogen) atoms. The number of nitrogens with two attached hydrogens (primary N) is 1. The molecule has 90 valence electrons. The summed E-state index contributed by atoms with van der Waals surface area (Å²) in [5.74, 6) is 0.241. The minimum Gasteiger partial charge on any atom is -0.393 e. The fourth-order valence-electron chi connectivity index (χ4n) is 2.01. The molecule has 1 aromatic rings. The van der Waals surface area contributed by atoms with Crippen LogP contribution in [0.2, 0.25) is 0 Å². The molecule has 1 aromatic carbocycles. The van der Waals surface area contributed by atoms with Crippen LogP contribution in [0.4, 0.5) is 0 Å². The highest BCUT2D eigenvalue weighted by atomic mass is 16.3. The van der Waals surface area contributed by atoms with Crippen LogP contribution in [-0.2, 0) is 6.42 Å². The Bertz CT molecular complexity index is 307. The van der Waals surface area contributed by atoms with Gasteiger partial charge >= 0.3 is 0 Å². The van der Waals surface area contributed by atoms with E-state index in [1.165, 1.54) is 11.1 Å². The summed E-state index contributed by atoms with van der Waals surface area (Å²) >= 11 is 0. The number of aryl methyl sites for hydroxylation is 2. The van der Waals surface area contributed by atoms with Crippen LogP contribution in [0, 0.1) is 12.8 Å². The maximum atomic E-state index is 9.96. The first kappa shape index (κ1) is 13.2. The molecule has 3 N–H and O–H groups in total. The van der Waals surface area contributed by atoms with E-state index in [0.717, 1.165) is 19.3 Å². The molecule has 2 heteroatoms. The maximum Gasteiger partial charge on any atom is 0.0583 e. The third-order valence-electron chi connectivity index (χ3n) is 3.18. The zero-order valence-electron chi connectivity index (χ0n) is 10.3. The van der Waals surface area contributed by atoms with Crippen LogP contribution < -0.4 is 5.73 Å². The predicted octanol–water partition coefficient (Wildman–Crippen LogP) is 2.27. The van der Waals surface area contributed by atoms with Gasteiger partial charge in [0.15, 0.2) is 0 Å². The summed E-state index contributed by atoms with van der Waals surface area (Å²) in [6, 6.07) is 8.45. The van der Waals surface area contributed by atoms with Crippen molar-refractivity contribution in [2.75, 3.05) is 6.54 Å². The number of aliphatic hydroxyl groups excluding tert-OH is 1. The van der Waals surface area contributed by atoms with E-state index >= 15 is 0 Å². The van der Waals surface area contributed by atoms with Crippen molar-refractivity contribution in [1.82, 2.24) is 0 Å². The Morgan fingerprint density at radius 1 is 1.38 bits per heavy atom. The van der Waals surface area contributed by atoms with E-state index in [1.54, 1.807) is 0 Å². The second-order valence-electron chi connectivity index (χ2n) is 4.50. The number of hydrogen-bond donors (Lipinski definition) is 2. The summed E-state index contributed by atoms with van der Waals surface area (Å²) < 4.78 is 0. The van der Waals surface area contributed by atoms with E-state index in [4.69, 9.17) is 5.73 Å². The molecule has 1 rings (SSSR count). The molecular formula is C14H23NO. The van der Waals surface area contributed by atoms with Gasteiger partial charge in [0.2, 0.25) is 0 Å². The molecule has 0 aliphatic rings. The van der Waals surface area contributed by atoms with Crippen LogP contribution >= 0.6 is 0 Å². The van der Waals surface area contributed by atoms with E-state index < -0.39 is 0 Å². The summed E-state index contributed by atoms with van der Waals surface area (Å²) in [6.45, 7) is 4.74. The van der Waals surface area contributed by atoms with E-state index in [0.29, 0.717) is 6.54 Å². The highest BCUT2D eigenvalue weighted by Gasteiger charge is 2.15. The topological polar surface area (TPSA) is 46.2 Å². The van der Waals surface area contributed by atoms with Crippen molar-refractivity contribution < 1.29 is 5.11 Å². The monoisotopic (exact) mass is 221 g/mol. The smallest absolute Gasteiger partial charge is 0.0583 e. The SMILES string of the molecule is CCC(CN)C(O)CCc1cccc(C)c1. The van der Waals surface area contributed by atoms with Gasteiger partial charge in [-0.25, -0.2) is 0 Å². The number of hydrogen-bond acceptors (Lipinski definition) is 2. The van der Waals surface area contributed by atoms with Crippen LogP contribution in [0.15, 0.2) is 24.3 Å². The van der Waals surface area contributed by atoms with Gasteiger partial charge in [-0.1, -0.05) is 36.8 Å². The van der Waals surface area contributed by atoms with Gasteiger partial charge < -0.3 is 10.8 Å². The zero-order chi connectivity index (χ0) is 12.0. The first-order valence-electron chi connectivity index (χ1n) is 6.11. The lowest BCUT2D eigenvalue weighted by atomic mass is 9.94. The van der Waals surface area contributed by atoms with Crippen molar-refractivity contribution in [3.63, 3.8) is 0 Å². The van der Waals surface area contributed by atoms with Gasteiger partial charge in [-0.15, -0.1) is 0 Å². The number of aliphatic hydroxyl groups is 1. The fraction of sp³-hybridized carbons (Fsp3) is 0.571. The van der Waals surface area contributed by atoms with Gasteiger partial charge in [0.25, 0.3) is 0 Å². The van der Waals surface area contributed by atoms with E-state index in [9.17, 15) is 5.11 Å². The van der Waals surface area contributed by atoms with Crippen LogP contribution in [0.5, 0.6) is 0 Å². The summed E-state index contributed by atoms with van der Waals surface area (Å²) in [5.41, 5.74) is 8.19. The van der Waals surface area contributed by atoms with Crippen LogP contribution in [0.3, 0.4) is 0 Å². The second kappa shape index (κ2) is 6.66. The first-order valence-corrected chi connectivity index (χ1v) is 6.11. The maximum absolute atomic E-state index is 9.96. The molecule has 0 saturated carbocycles. The largest absolute Gasteiger partial charge is 0.393 e. The van der Waals surface area contributed by atoms with Gasteiger partial charge in [-0.05, 0) is 44.2 Å². The molecule has 0 amide bonds. The lowest BCUT2D eigenvalue weighted by Crippen LogP contribution is -2.27. The predicted molar refractivity (Wildman–Crippen MR) is 68.3 cm³/mol. The average molecular weight is 221 g/mol. The van der Waals surface area contributed by atoms with Crippen molar-refractivity contribution in [2.24, 2.45) is 11.7 Å². The molecule has 2 unspecified atom stereocenters. The van der Waals surface area contributed by atoms with Crippen LogP contribution in [0.25, 0.3) is 0 Å². The van der Waals surface area contributed by atoms with Crippen LogP contribution in [-0.4, -0.2) is 17.8 Å². The molecule has 2 atom stereocenters.